The standard InChI is InChI=1S/C46H57Cl2N6O12P/c1-27(2)40-44(59)51-35(46(61)63-5)9-7-6-8-10-39(56)50-36(42(57)53-41(28(3)4)45(60)52-37(24-38(49)55)43(58)54-40)23-29-15-21-34(22-16-29)66-67(62,64-25-30-11-17-32(47)18-12-30)65-26-31-13-19-33(48)20-14-31/h6-7,11-22,27-28,35-37,40-41H,8-10,23-26H2,1-5H3,(H2,49,55)(H,50,56)(H,51,59)(H,52,60)(H,53,57)(H,54,58)/b7-6+/t35-,36-,37-,40-,41-/m0/s1. The van der Waals surface area contributed by atoms with Gasteiger partial charge in [-0.25, -0.2) is 9.36 Å². The second kappa shape index (κ2) is 25.9. The van der Waals surface area contributed by atoms with Crippen molar-refractivity contribution in [3.8, 4) is 5.75 Å². The van der Waals surface area contributed by atoms with E-state index < -0.39 is 97.7 Å². The number of ether oxygens (including phenoxy) is 1. The highest BCUT2D eigenvalue weighted by atomic mass is 35.5. The lowest BCUT2D eigenvalue weighted by Gasteiger charge is -2.29. The highest BCUT2D eigenvalue weighted by Crippen LogP contribution is 2.51. The molecule has 0 radical (unpaired) electrons. The maximum Gasteiger partial charge on any atom is 0.530 e. The van der Waals surface area contributed by atoms with Crippen LogP contribution in [0.3, 0.4) is 0 Å². The molecule has 1 aliphatic rings. The number of esters is 1. The number of carbonyl (C=O) groups is 7. The van der Waals surface area contributed by atoms with Gasteiger partial charge in [0.1, 0.15) is 36.0 Å². The summed E-state index contributed by atoms with van der Waals surface area (Å²) < 4.78 is 36.2. The number of amides is 6. The Labute approximate surface area is 399 Å². The van der Waals surface area contributed by atoms with E-state index in [1.54, 1.807) is 101 Å². The highest BCUT2D eigenvalue weighted by molar-refractivity contribution is 7.48. The topological polar surface area (TPSA) is 260 Å². The van der Waals surface area contributed by atoms with E-state index >= 15 is 0 Å². The summed E-state index contributed by atoms with van der Waals surface area (Å²) in [6.45, 7) is 6.28. The fraction of sp³-hybridized carbons (Fsp3) is 0.413. The number of benzene rings is 3. The van der Waals surface area contributed by atoms with Crippen LogP contribution in [0.25, 0.3) is 0 Å². The molecule has 67 heavy (non-hydrogen) atoms. The van der Waals surface area contributed by atoms with Gasteiger partial charge in [-0.05, 0) is 77.8 Å². The summed E-state index contributed by atoms with van der Waals surface area (Å²) in [4.78, 5) is 93.2. The number of primary amides is 1. The number of phosphoric ester groups is 1. The van der Waals surface area contributed by atoms with Crippen LogP contribution in [0.5, 0.6) is 5.75 Å². The number of methoxy groups -OCH3 is 1. The van der Waals surface area contributed by atoms with Gasteiger partial charge in [-0.1, -0.05) is 99.4 Å². The molecule has 0 saturated heterocycles. The highest BCUT2D eigenvalue weighted by Gasteiger charge is 2.36. The summed E-state index contributed by atoms with van der Waals surface area (Å²) in [5, 5.41) is 14.0. The van der Waals surface area contributed by atoms with Crippen LogP contribution in [-0.2, 0) is 71.5 Å². The quantitative estimate of drug-likeness (QED) is 0.0670. The lowest BCUT2D eigenvalue weighted by atomic mass is 9.99. The maximum atomic E-state index is 14.1. The molecule has 0 spiro atoms. The van der Waals surface area contributed by atoms with Gasteiger partial charge in [-0.2, -0.15) is 0 Å². The summed E-state index contributed by atoms with van der Waals surface area (Å²) in [5.41, 5.74) is 7.27. The molecule has 1 aliphatic heterocycles. The largest absolute Gasteiger partial charge is 0.530 e. The number of phosphoric acid groups is 1. The van der Waals surface area contributed by atoms with Crippen molar-refractivity contribution >= 4 is 72.4 Å². The third-order valence-corrected chi connectivity index (χ3v) is 12.1. The second-order valence-electron chi connectivity index (χ2n) is 16.3. The number of rotatable bonds is 15. The summed E-state index contributed by atoms with van der Waals surface area (Å²) in [6, 6.07) is 13.0. The molecule has 21 heteroatoms. The van der Waals surface area contributed by atoms with Crippen molar-refractivity contribution in [2.45, 2.75) is 103 Å². The van der Waals surface area contributed by atoms with E-state index in [-0.39, 0.29) is 44.6 Å². The first-order valence-corrected chi connectivity index (χ1v) is 23.7. The fourth-order valence-electron chi connectivity index (χ4n) is 6.52. The first-order chi connectivity index (χ1) is 31.7. The number of hydrogen-bond donors (Lipinski definition) is 6. The Hall–Kier alpha value is -5.78. The molecule has 5 atom stereocenters. The lowest BCUT2D eigenvalue weighted by molar-refractivity contribution is -0.145. The van der Waals surface area contributed by atoms with Crippen molar-refractivity contribution in [1.29, 1.82) is 0 Å². The molecule has 0 aromatic heterocycles. The molecule has 4 rings (SSSR count). The third-order valence-electron chi connectivity index (χ3n) is 10.2. The molecule has 6 amide bonds. The molecule has 18 nitrogen and oxygen atoms in total. The number of allylic oxidation sites excluding steroid dienone is 1. The number of nitrogens with one attached hydrogen (secondary N) is 5. The monoisotopic (exact) mass is 986 g/mol. The first kappa shape index (κ1) is 53.8. The van der Waals surface area contributed by atoms with Crippen LogP contribution < -0.4 is 36.8 Å². The Morgan fingerprint density at radius 2 is 1.16 bits per heavy atom. The van der Waals surface area contributed by atoms with Gasteiger partial charge >= 0.3 is 13.8 Å². The molecule has 0 bridgehead atoms. The molecule has 0 aliphatic carbocycles. The molecule has 7 N–H and O–H groups in total. The van der Waals surface area contributed by atoms with Gasteiger partial charge in [-0.15, -0.1) is 0 Å². The fourth-order valence-corrected chi connectivity index (χ4v) is 7.94. The summed E-state index contributed by atoms with van der Waals surface area (Å²) >= 11 is 12.0. The minimum Gasteiger partial charge on any atom is -0.467 e. The van der Waals surface area contributed by atoms with Gasteiger partial charge in [0.2, 0.25) is 35.4 Å². The smallest absolute Gasteiger partial charge is 0.467 e. The van der Waals surface area contributed by atoms with Crippen molar-refractivity contribution in [2.24, 2.45) is 17.6 Å². The molecule has 1 heterocycles. The van der Waals surface area contributed by atoms with E-state index in [2.05, 4.69) is 26.6 Å². The first-order valence-electron chi connectivity index (χ1n) is 21.4. The van der Waals surface area contributed by atoms with Crippen molar-refractivity contribution < 1.29 is 56.4 Å². The van der Waals surface area contributed by atoms with Gasteiger partial charge in [0.15, 0.2) is 0 Å². The third kappa shape index (κ3) is 17.8. The minimum absolute atomic E-state index is 0.0289. The Balaban J connectivity index is 1.61. The number of nitrogens with two attached hydrogens (primary N) is 1. The maximum absolute atomic E-state index is 14.1. The predicted molar refractivity (Wildman–Crippen MR) is 249 cm³/mol. The van der Waals surface area contributed by atoms with E-state index in [9.17, 15) is 38.1 Å². The van der Waals surface area contributed by atoms with Crippen LogP contribution in [0.2, 0.25) is 10.0 Å². The molecule has 0 saturated carbocycles. The average molecular weight is 988 g/mol. The van der Waals surface area contributed by atoms with Gasteiger partial charge in [0.05, 0.1) is 26.7 Å². The average Bonchev–Trinajstić information content (AvgIpc) is 3.28. The molecule has 3 aromatic carbocycles. The zero-order valence-electron chi connectivity index (χ0n) is 37.8. The van der Waals surface area contributed by atoms with Gasteiger partial charge < -0.3 is 41.6 Å². The minimum atomic E-state index is -4.29. The van der Waals surface area contributed by atoms with E-state index in [4.69, 9.17) is 47.2 Å². The van der Waals surface area contributed by atoms with Crippen LogP contribution in [-0.4, -0.2) is 78.7 Å². The predicted octanol–water partition coefficient (Wildman–Crippen LogP) is 4.98. The summed E-state index contributed by atoms with van der Waals surface area (Å²) in [7, 11) is -3.14. The molecular weight excluding hydrogens is 930 g/mol. The van der Waals surface area contributed by atoms with Crippen LogP contribution in [0.15, 0.2) is 84.9 Å². The van der Waals surface area contributed by atoms with Gasteiger partial charge in [-0.3, -0.25) is 37.8 Å². The SMILES string of the molecule is COC(=O)[C@@H]1C/C=C/CCC(=O)N[C@@H](Cc2ccc(OP(=O)(OCc3ccc(Cl)cc3)OCc3ccc(Cl)cc3)cc2)C(=O)N[C@@H](C(C)C)C(=O)N[C@@H](CC(N)=O)C(=O)N[C@@H](C(C)C)C(=O)N1. The molecular formula is C46H57Cl2N6O12P. The van der Waals surface area contributed by atoms with Crippen molar-refractivity contribution in [2.75, 3.05) is 7.11 Å². The zero-order valence-corrected chi connectivity index (χ0v) is 40.2. The van der Waals surface area contributed by atoms with Crippen molar-refractivity contribution in [3.05, 3.63) is 112 Å². The van der Waals surface area contributed by atoms with Crippen molar-refractivity contribution in [3.63, 3.8) is 0 Å². The Bertz CT molecular complexity index is 2230. The normalized spacial score (nSPS) is 21.0. The zero-order chi connectivity index (χ0) is 49.3. The Morgan fingerprint density at radius 3 is 1.66 bits per heavy atom. The van der Waals surface area contributed by atoms with Crippen LogP contribution >= 0.6 is 31.0 Å². The van der Waals surface area contributed by atoms with Crippen LogP contribution in [0.4, 0.5) is 0 Å². The second-order valence-corrected chi connectivity index (χ2v) is 18.8. The number of halogens is 2. The van der Waals surface area contributed by atoms with E-state index in [0.717, 1.165) is 7.11 Å². The van der Waals surface area contributed by atoms with E-state index in [1.807, 2.05) is 0 Å². The summed E-state index contributed by atoms with van der Waals surface area (Å²) in [6.07, 6.45) is 2.52. The number of carbonyl (C=O) groups excluding carboxylic acids is 7. The van der Waals surface area contributed by atoms with Gasteiger partial charge in [0.25, 0.3) is 0 Å². The van der Waals surface area contributed by atoms with Crippen LogP contribution in [0, 0.1) is 11.8 Å². The molecule has 362 valence electrons. The molecule has 0 unspecified atom stereocenters. The Morgan fingerprint density at radius 1 is 0.672 bits per heavy atom. The Kier molecular flexibility index (Phi) is 20.8. The molecule has 0 fully saturated rings. The number of hydrogen-bond acceptors (Lipinski definition) is 12. The van der Waals surface area contributed by atoms with Gasteiger partial charge in [0, 0.05) is 22.9 Å². The summed E-state index contributed by atoms with van der Waals surface area (Å²) in [5.74, 6) is -6.51. The van der Waals surface area contributed by atoms with Crippen molar-refractivity contribution in [1.82, 2.24) is 26.6 Å². The lowest BCUT2D eigenvalue weighted by Crippen LogP contribution is -2.61. The van der Waals surface area contributed by atoms with E-state index in [1.165, 1.54) is 12.1 Å². The molecule has 3 aromatic rings. The van der Waals surface area contributed by atoms with Crippen LogP contribution in [0.1, 0.15) is 70.1 Å². The van der Waals surface area contributed by atoms with E-state index in [0.29, 0.717) is 26.7 Å².